The molecule has 7 heteroatoms. The van der Waals surface area contributed by atoms with Crippen molar-refractivity contribution in [3.63, 3.8) is 0 Å². The van der Waals surface area contributed by atoms with Crippen molar-refractivity contribution in [3.05, 3.63) is 69.5 Å². The lowest BCUT2D eigenvalue weighted by molar-refractivity contribution is -0.387. The topological polar surface area (TPSA) is 67.2 Å². The van der Waals surface area contributed by atoms with Gasteiger partial charge >= 0.3 is 5.69 Å². The van der Waals surface area contributed by atoms with Gasteiger partial charge in [-0.15, -0.1) is 0 Å². The second kappa shape index (κ2) is 6.95. The van der Waals surface area contributed by atoms with E-state index in [0.29, 0.717) is 17.3 Å². The van der Waals surface area contributed by atoms with E-state index < -0.39 is 16.4 Å². The Morgan fingerprint density at radius 1 is 1.27 bits per heavy atom. The summed E-state index contributed by atoms with van der Waals surface area (Å²) in [6, 6.07) is 11.5. The van der Waals surface area contributed by atoms with E-state index in [1.165, 1.54) is 11.6 Å². The minimum absolute atomic E-state index is 0.307. The maximum absolute atomic E-state index is 13.2. The summed E-state index contributed by atoms with van der Waals surface area (Å²) in [5.41, 5.74) is 1.99. The van der Waals surface area contributed by atoms with Gasteiger partial charge in [-0.25, -0.2) is 0 Å². The number of hydrogen-bond acceptors (Lipinski definition) is 3. The summed E-state index contributed by atoms with van der Waals surface area (Å²) in [4.78, 5) is 9.91. The number of nitrogens with zero attached hydrogens (tertiary/aromatic N) is 1. The van der Waals surface area contributed by atoms with Gasteiger partial charge in [-0.1, -0.05) is 29.8 Å². The molecule has 0 aliphatic rings. The second-order valence-corrected chi connectivity index (χ2v) is 5.12. The van der Waals surface area contributed by atoms with Crippen molar-refractivity contribution < 1.29 is 9.31 Å². The zero-order valence-corrected chi connectivity index (χ0v) is 12.6. The lowest BCUT2D eigenvalue weighted by Crippen LogP contribution is -2.27. The Morgan fingerprint density at radius 3 is 2.59 bits per heavy atom. The third-order valence-electron chi connectivity index (χ3n) is 2.97. The Labute approximate surface area is 132 Å². The summed E-state index contributed by atoms with van der Waals surface area (Å²) >= 11 is 5.12. The molecule has 2 rings (SSSR count). The van der Waals surface area contributed by atoms with Gasteiger partial charge in [0.1, 0.15) is 0 Å². The number of rotatable bonds is 4. The van der Waals surface area contributed by atoms with Gasteiger partial charge in [0.05, 0.1) is 4.92 Å². The molecule has 2 N–H and O–H groups in total. The van der Waals surface area contributed by atoms with Crippen molar-refractivity contribution in [1.82, 2.24) is 5.32 Å². The van der Waals surface area contributed by atoms with Gasteiger partial charge in [-0.05, 0) is 36.8 Å². The maximum Gasteiger partial charge on any atom is 0.306 e. The van der Waals surface area contributed by atoms with E-state index in [9.17, 15) is 14.5 Å². The number of hydrogen-bond donors (Lipinski definition) is 2. The summed E-state index contributed by atoms with van der Waals surface area (Å²) in [5.74, 6) is -0.880. The van der Waals surface area contributed by atoms with Crippen LogP contribution in [0.15, 0.2) is 42.5 Å². The molecule has 2 aromatic carbocycles. The second-order valence-electron chi connectivity index (χ2n) is 4.72. The molecule has 0 heterocycles. The third-order valence-corrected chi connectivity index (χ3v) is 3.22. The van der Waals surface area contributed by atoms with Gasteiger partial charge in [-0.2, -0.15) is 4.39 Å². The van der Waals surface area contributed by atoms with Crippen LogP contribution in [0.2, 0.25) is 0 Å². The van der Waals surface area contributed by atoms with Gasteiger partial charge < -0.3 is 10.6 Å². The fourth-order valence-electron chi connectivity index (χ4n) is 1.79. The van der Waals surface area contributed by atoms with Gasteiger partial charge in [0, 0.05) is 18.3 Å². The maximum atomic E-state index is 13.2. The first-order valence-corrected chi connectivity index (χ1v) is 6.91. The zero-order valence-electron chi connectivity index (χ0n) is 11.8. The molecule has 22 heavy (non-hydrogen) atoms. The number of nitrogens with one attached hydrogen (secondary N) is 2. The Bertz CT molecular complexity index is 704. The number of halogens is 1. The molecule has 0 bridgehead atoms. The molecule has 2 aromatic rings. The van der Waals surface area contributed by atoms with E-state index in [1.807, 2.05) is 31.2 Å². The highest BCUT2D eigenvalue weighted by Gasteiger charge is 2.14. The van der Waals surface area contributed by atoms with Crippen LogP contribution in [0.3, 0.4) is 0 Å². The van der Waals surface area contributed by atoms with Gasteiger partial charge in [0.25, 0.3) is 0 Å². The molecule has 0 spiro atoms. The fourth-order valence-corrected chi connectivity index (χ4v) is 1.98. The summed E-state index contributed by atoms with van der Waals surface area (Å²) in [7, 11) is 0. The minimum atomic E-state index is -0.880. The van der Waals surface area contributed by atoms with Crippen LogP contribution in [-0.2, 0) is 6.54 Å². The highest BCUT2D eigenvalue weighted by atomic mass is 32.1. The fraction of sp³-hybridized carbons (Fsp3) is 0.133. The van der Waals surface area contributed by atoms with E-state index in [-0.39, 0.29) is 0 Å². The molecular formula is C15H14FN3O2S. The molecule has 5 nitrogen and oxygen atoms in total. The Hall–Kier alpha value is -2.54. The first-order chi connectivity index (χ1) is 10.5. The number of thiocarbonyl (C=S) groups is 1. The molecular weight excluding hydrogens is 305 g/mol. The van der Waals surface area contributed by atoms with Gasteiger partial charge in [0.15, 0.2) is 5.11 Å². The van der Waals surface area contributed by atoms with E-state index in [2.05, 4.69) is 10.6 Å². The summed E-state index contributed by atoms with van der Waals surface area (Å²) in [5, 5.41) is 16.8. The lowest BCUT2D eigenvalue weighted by Gasteiger charge is -2.10. The van der Waals surface area contributed by atoms with Crippen molar-refractivity contribution in [2.24, 2.45) is 0 Å². The lowest BCUT2D eigenvalue weighted by atomic mass is 10.1. The molecule has 0 saturated carbocycles. The van der Waals surface area contributed by atoms with Crippen LogP contribution >= 0.6 is 12.2 Å². The van der Waals surface area contributed by atoms with Crippen LogP contribution in [0.4, 0.5) is 15.8 Å². The van der Waals surface area contributed by atoms with Crippen LogP contribution < -0.4 is 10.6 Å². The van der Waals surface area contributed by atoms with E-state index in [0.717, 1.165) is 17.7 Å². The average molecular weight is 319 g/mol. The van der Waals surface area contributed by atoms with Crippen LogP contribution in [0.1, 0.15) is 11.1 Å². The van der Waals surface area contributed by atoms with Crippen molar-refractivity contribution in [3.8, 4) is 0 Å². The quantitative estimate of drug-likeness (QED) is 0.513. The number of nitro benzene ring substituents is 1. The van der Waals surface area contributed by atoms with Gasteiger partial charge in [-0.3, -0.25) is 10.1 Å². The highest BCUT2D eigenvalue weighted by molar-refractivity contribution is 7.80. The molecule has 114 valence electrons. The molecule has 0 fully saturated rings. The first-order valence-electron chi connectivity index (χ1n) is 6.50. The van der Waals surface area contributed by atoms with E-state index in [1.54, 1.807) is 0 Å². The van der Waals surface area contributed by atoms with E-state index in [4.69, 9.17) is 12.2 Å². The summed E-state index contributed by atoms with van der Waals surface area (Å²) < 4.78 is 13.2. The largest absolute Gasteiger partial charge is 0.358 e. The highest BCUT2D eigenvalue weighted by Crippen LogP contribution is 2.21. The van der Waals surface area contributed by atoms with Gasteiger partial charge in [0.2, 0.25) is 5.82 Å². The molecule has 0 aliphatic heterocycles. The number of aryl methyl sites for hydroxylation is 1. The Morgan fingerprint density at radius 2 is 1.95 bits per heavy atom. The molecule has 0 radical (unpaired) electrons. The average Bonchev–Trinajstić information content (AvgIpc) is 2.48. The van der Waals surface area contributed by atoms with E-state index >= 15 is 0 Å². The molecule has 0 amide bonds. The van der Waals surface area contributed by atoms with Crippen molar-refractivity contribution in [1.29, 1.82) is 0 Å². The number of nitro groups is 1. The molecule has 0 aromatic heterocycles. The van der Waals surface area contributed by atoms with Crippen molar-refractivity contribution in [2.75, 3.05) is 5.32 Å². The monoisotopic (exact) mass is 319 g/mol. The zero-order chi connectivity index (χ0) is 16.1. The van der Waals surface area contributed by atoms with Crippen molar-refractivity contribution in [2.45, 2.75) is 13.5 Å². The summed E-state index contributed by atoms with van der Waals surface area (Å²) in [6.07, 6.45) is 0. The minimum Gasteiger partial charge on any atom is -0.358 e. The summed E-state index contributed by atoms with van der Waals surface area (Å²) in [6.45, 7) is 2.53. The van der Waals surface area contributed by atoms with Crippen molar-refractivity contribution >= 4 is 28.7 Å². The smallest absolute Gasteiger partial charge is 0.306 e. The molecule has 0 unspecified atom stereocenters. The standard InChI is InChI=1S/C15H14FN3O2S/c1-10-2-4-11(5-3-10)9-17-15(22)18-12-6-7-13(16)14(8-12)19(20)21/h2-8H,9H2,1H3,(H2,17,18,22). The third kappa shape index (κ3) is 4.23. The molecule has 0 saturated heterocycles. The van der Waals surface area contributed by atoms with Crippen LogP contribution in [0.5, 0.6) is 0 Å². The predicted molar refractivity (Wildman–Crippen MR) is 87.3 cm³/mol. The van der Waals surface area contributed by atoms with Crippen LogP contribution in [0.25, 0.3) is 0 Å². The Balaban J connectivity index is 1.96. The normalized spacial score (nSPS) is 10.1. The van der Waals surface area contributed by atoms with Crippen LogP contribution in [0, 0.1) is 22.9 Å². The molecule has 0 atom stereocenters. The molecule has 0 aliphatic carbocycles. The Kier molecular flexibility index (Phi) is 5.00. The number of anilines is 1. The SMILES string of the molecule is Cc1ccc(CNC(=S)Nc2ccc(F)c([N+](=O)[O-])c2)cc1. The van der Waals surface area contributed by atoms with Crippen LogP contribution in [-0.4, -0.2) is 10.0 Å². The number of benzene rings is 2. The first kappa shape index (κ1) is 15.8. The predicted octanol–water partition coefficient (Wildman–Crippen LogP) is 3.53.